The van der Waals surface area contributed by atoms with E-state index in [1.807, 2.05) is 6.92 Å². The second-order valence-electron chi connectivity index (χ2n) is 4.05. The standard InChI is InChI=1S/C14H24O3/c1-4-6-7-8-9-11-12(10-5-2)13(15)14(16)17-3/h5,13,15H,4,6-9,11H2,1-3H3. The zero-order valence-electron chi connectivity index (χ0n) is 11.2. The maximum Gasteiger partial charge on any atom is 0.339 e. The normalized spacial score (nSPS) is 11.5. The molecular weight excluding hydrogens is 216 g/mol. The first-order valence-corrected chi connectivity index (χ1v) is 6.33. The monoisotopic (exact) mass is 240 g/mol. The summed E-state index contributed by atoms with van der Waals surface area (Å²) >= 11 is 0. The Kier molecular flexibility index (Phi) is 9.50. The molecule has 0 aliphatic rings. The number of unbranched alkanes of at least 4 members (excludes halogenated alkanes) is 4. The van der Waals surface area contributed by atoms with Crippen molar-refractivity contribution in [2.75, 3.05) is 7.11 Å². The molecule has 0 saturated carbocycles. The van der Waals surface area contributed by atoms with Gasteiger partial charge >= 0.3 is 5.97 Å². The summed E-state index contributed by atoms with van der Waals surface area (Å²) in [7, 11) is 1.28. The molecular formula is C14H24O3. The van der Waals surface area contributed by atoms with Crippen LogP contribution >= 0.6 is 0 Å². The lowest BCUT2D eigenvalue weighted by Crippen LogP contribution is -2.23. The van der Waals surface area contributed by atoms with Crippen molar-refractivity contribution < 1.29 is 14.6 Å². The van der Waals surface area contributed by atoms with Gasteiger partial charge in [-0.2, -0.15) is 0 Å². The molecule has 0 aliphatic heterocycles. The van der Waals surface area contributed by atoms with Crippen molar-refractivity contribution in [1.29, 1.82) is 0 Å². The molecule has 3 nitrogen and oxygen atoms in total. The number of hydrogen-bond donors (Lipinski definition) is 1. The van der Waals surface area contributed by atoms with E-state index in [1.165, 1.54) is 26.4 Å². The Balaban J connectivity index is 4.18. The predicted molar refractivity (Wildman–Crippen MR) is 68.7 cm³/mol. The van der Waals surface area contributed by atoms with Crippen LogP contribution in [0, 0.1) is 0 Å². The van der Waals surface area contributed by atoms with Crippen LogP contribution in [-0.4, -0.2) is 24.3 Å². The molecule has 0 rings (SSSR count). The van der Waals surface area contributed by atoms with Crippen LogP contribution in [0.1, 0.15) is 52.4 Å². The van der Waals surface area contributed by atoms with Gasteiger partial charge in [0.1, 0.15) is 0 Å². The molecule has 1 atom stereocenters. The smallest absolute Gasteiger partial charge is 0.339 e. The first-order chi connectivity index (χ1) is 8.17. The summed E-state index contributed by atoms with van der Waals surface area (Å²) in [6.45, 7) is 3.99. The summed E-state index contributed by atoms with van der Waals surface area (Å²) in [5.41, 5.74) is 3.55. The van der Waals surface area contributed by atoms with Crippen LogP contribution in [0.5, 0.6) is 0 Å². The molecule has 1 N–H and O–H groups in total. The first kappa shape index (κ1) is 16.0. The fourth-order valence-electron chi connectivity index (χ4n) is 1.65. The zero-order valence-corrected chi connectivity index (χ0v) is 11.2. The second-order valence-corrected chi connectivity index (χ2v) is 4.05. The summed E-state index contributed by atoms with van der Waals surface area (Å²) in [4.78, 5) is 11.2. The third-order valence-corrected chi connectivity index (χ3v) is 2.63. The van der Waals surface area contributed by atoms with Crippen LogP contribution in [0.15, 0.2) is 17.4 Å². The van der Waals surface area contributed by atoms with Crippen molar-refractivity contribution in [3.05, 3.63) is 17.4 Å². The van der Waals surface area contributed by atoms with Crippen molar-refractivity contribution in [2.24, 2.45) is 0 Å². The molecule has 3 heteroatoms. The van der Waals surface area contributed by atoms with Crippen LogP contribution in [0.2, 0.25) is 0 Å². The molecule has 0 aromatic carbocycles. The molecule has 0 aliphatic carbocycles. The van der Waals surface area contributed by atoms with Crippen LogP contribution < -0.4 is 0 Å². The fourth-order valence-corrected chi connectivity index (χ4v) is 1.65. The number of methoxy groups -OCH3 is 1. The van der Waals surface area contributed by atoms with E-state index in [4.69, 9.17) is 0 Å². The highest BCUT2D eigenvalue weighted by Crippen LogP contribution is 2.14. The van der Waals surface area contributed by atoms with E-state index in [-0.39, 0.29) is 0 Å². The number of esters is 1. The summed E-state index contributed by atoms with van der Waals surface area (Å²) in [5.74, 6) is -0.608. The SMILES string of the molecule is CC=C=C(CCCCCCC)C(O)C(=O)OC. The van der Waals surface area contributed by atoms with E-state index >= 15 is 0 Å². The Morgan fingerprint density at radius 1 is 1.35 bits per heavy atom. The Hall–Kier alpha value is -1.05. The molecule has 98 valence electrons. The Labute approximate surface area is 104 Å². The van der Waals surface area contributed by atoms with Gasteiger partial charge in [-0.25, -0.2) is 4.79 Å². The first-order valence-electron chi connectivity index (χ1n) is 6.33. The molecule has 0 amide bonds. The van der Waals surface area contributed by atoms with Gasteiger partial charge in [-0.1, -0.05) is 32.6 Å². The van der Waals surface area contributed by atoms with E-state index in [2.05, 4.69) is 17.4 Å². The molecule has 0 spiro atoms. The molecule has 17 heavy (non-hydrogen) atoms. The van der Waals surface area contributed by atoms with Crippen LogP contribution in [0.3, 0.4) is 0 Å². The van der Waals surface area contributed by atoms with Crippen molar-refractivity contribution in [3.8, 4) is 0 Å². The van der Waals surface area contributed by atoms with Crippen molar-refractivity contribution >= 4 is 5.97 Å². The summed E-state index contributed by atoms with van der Waals surface area (Å²) in [5, 5.41) is 9.72. The van der Waals surface area contributed by atoms with E-state index < -0.39 is 12.1 Å². The molecule has 0 aromatic heterocycles. The minimum Gasteiger partial charge on any atom is -0.467 e. The molecule has 0 heterocycles. The molecule has 0 bridgehead atoms. The van der Waals surface area contributed by atoms with Crippen LogP contribution in [0.4, 0.5) is 0 Å². The van der Waals surface area contributed by atoms with E-state index in [0.717, 1.165) is 12.8 Å². The van der Waals surface area contributed by atoms with Gasteiger partial charge in [0.25, 0.3) is 0 Å². The number of aliphatic hydroxyl groups is 1. The van der Waals surface area contributed by atoms with Gasteiger partial charge < -0.3 is 9.84 Å². The predicted octanol–water partition coefficient (Wildman–Crippen LogP) is 2.98. The largest absolute Gasteiger partial charge is 0.467 e. The van der Waals surface area contributed by atoms with E-state index in [0.29, 0.717) is 12.0 Å². The van der Waals surface area contributed by atoms with Gasteiger partial charge in [-0.05, 0) is 25.8 Å². The number of carbonyl (C=O) groups excluding carboxylic acids is 1. The van der Waals surface area contributed by atoms with Crippen molar-refractivity contribution in [2.45, 2.75) is 58.5 Å². The zero-order chi connectivity index (χ0) is 13.1. The minimum atomic E-state index is -1.16. The average molecular weight is 240 g/mol. The third-order valence-electron chi connectivity index (χ3n) is 2.63. The van der Waals surface area contributed by atoms with Gasteiger partial charge in [-0.15, -0.1) is 5.73 Å². The molecule has 0 fully saturated rings. The van der Waals surface area contributed by atoms with Crippen molar-refractivity contribution in [3.63, 3.8) is 0 Å². The van der Waals surface area contributed by atoms with Gasteiger partial charge in [0.15, 0.2) is 6.10 Å². The molecule has 1 unspecified atom stereocenters. The second kappa shape index (κ2) is 10.1. The Morgan fingerprint density at radius 2 is 2.00 bits per heavy atom. The average Bonchev–Trinajstić information content (AvgIpc) is 2.35. The number of rotatable bonds is 8. The van der Waals surface area contributed by atoms with E-state index in [1.54, 1.807) is 6.08 Å². The van der Waals surface area contributed by atoms with Crippen LogP contribution in [0.25, 0.3) is 0 Å². The minimum absolute atomic E-state index is 0.608. The van der Waals surface area contributed by atoms with E-state index in [9.17, 15) is 9.90 Å². The van der Waals surface area contributed by atoms with Crippen molar-refractivity contribution in [1.82, 2.24) is 0 Å². The highest BCUT2D eigenvalue weighted by molar-refractivity contribution is 5.77. The number of aliphatic hydroxyl groups excluding tert-OH is 1. The lowest BCUT2D eigenvalue weighted by Gasteiger charge is -2.10. The number of hydrogen-bond acceptors (Lipinski definition) is 3. The Bertz CT molecular complexity index is 275. The van der Waals surface area contributed by atoms with Crippen LogP contribution in [-0.2, 0) is 9.53 Å². The highest BCUT2D eigenvalue weighted by atomic mass is 16.5. The summed E-state index contributed by atoms with van der Waals surface area (Å²) in [6.07, 6.45) is 7.00. The molecule has 0 aromatic rings. The molecule has 0 radical (unpaired) electrons. The lowest BCUT2D eigenvalue weighted by molar-refractivity contribution is -0.148. The summed E-state index contributed by atoms with van der Waals surface area (Å²) in [6, 6.07) is 0. The summed E-state index contributed by atoms with van der Waals surface area (Å²) < 4.78 is 4.52. The third kappa shape index (κ3) is 6.98. The lowest BCUT2D eigenvalue weighted by atomic mass is 10.0. The number of ether oxygens (including phenoxy) is 1. The van der Waals surface area contributed by atoms with Gasteiger partial charge in [-0.3, -0.25) is 0 Å². The fraction of sp³-hybridized carbons (Fsp3) is 0.714. The maximum atomic E-state index is 11.2. The number of carbonyl (C=O) groups is 1. The quantitative estimate of drug-likeness (QED) is 0.403. The van der Waals surface area contributed by atoms with Gasteiger partial charge in [0.2, 0.25) is 0 Å². The highest BCUT2D eigenvalue weighted by Gasteiger charge is 2.19. The molecule has 0 saturated heterocycles. The topological polar surface area (TPSA) is 46.5 Å². The van der Waals surface area contributed by atoms with Gasteiger partial charge in [0, 0.05) is 5.57 Å². The maximum absolute atomic E-state index is 11.2. The Morgan fingerprint density at radius 3 is 2.53 bits per heavy atom. The van der Waals surface area contributed by atoms with Gasteiger partial charge in [0.05, 0.1) is 7.11 Å².